The number of rotatable bonds is 2. The Morgan fingerprint density at radius 3 is 2.65 bits per heavy atom. The minimum atomic E-state index is -0.502. The molecule has 0 unspecified atom stereocenters. The molecule has 1 aliphatic rings. The summed E-state index contributed by atoms with van der Waals surface area (Å²) in [5.41, 5.74) is 3.30. The molecule has 5 heteroatoms. The first-order chi connectivity index (χ1) is 11.2. The number of aryl methyl sites for hydroxylation is 1. The van der Waals surface area contributed by atoms with E-state index in [1.54, 1.807) is 11.0 Å². The summed E-state index contributed by atoms with van der Waals surface area (Å²) < 4.78 is 4.60. The van der Waals surface area contributed by atoms with Gasteiger partial charge in [0, 0.05) is 23.5 Å². The number of ether oxygens (including phenoxy) is 1. The van der Waals surface area contributed by atoms with E-state index >= 15 is 0 Å². The number of amides is 2. The molecule has 0 bridgehead atoms. The van der Waals surface area contributed by atoms with Crippen LogP contribution in [-0.2, 0) is 11.2 Å². The average molecular weight is 310 g/mol. The summed E-state index contributed by atoms with van der Waals surface area (Å²) in [6.45, 7) is 0.699. The van der Waals surface area contributed by atoms with Gasteiger partial charge in [0.25, 0.3) is 5.91 Å². The average Bonchev–Trinajstić information content (AvgIpc) is 2.61. The number of methoxy groups -OCH3 is 1. The van der Waals surface area contributed by atoms with Crippen LogP contribution >= 0.6 is 0 Å². The SMILES string of the molecule is COC(=O)Nc1ccc2c(c1)CCCN2C(=O)c1ccccc1. The van der Waals surface area contributed by atoms with Gasteiger partial charge in [0.05, 0.1) is 7.11 Å². The van der Waals surface area contributed by atoms with E-state index in [9.17, 15) is 9.59 Å². The Bertz CT molecular complexity index is 728. The molecule has 0 atom stereocenters. The van der Waals surface area contributed by atoms with Crippen LogP contribution in [0, 0.1) is 0 Å². The van der Waals surface area contributed by atoms with Crippen LogP contribution in [-0.4, -0.2) is 25.7 Å². The van der Waals surface area contributed by atoms with E-state index in [2.05, 4.69) is 10.1 Å². The maximum absolute atomic E-state index is 12.7. The van der Waals surface area contributed by atoms with Gasteiger partial charge in [-0.3, -0.25) is 10.1 Å². The second-order valence-corrected chi connectivity index (χ2v) is 5.39. The zero-order valence-corrected chi connectivity index (χ0v) is 12.9. The Kier molecular flexibility index (Phi) is 4.28. The van der Waals surface area contributed by atoms with Crippen LogP contribution in [0.3, 0.4) is 0 Å². The van der Waals surface area contributed by atoms with Crippen LogP contribution < -0.4 is 10.2 Å². The third-order valence-corrected chi connectivity index (χ3v) is 3.90. The van der Waals surface area contributed by atoms with E-state index in [1.807, 2.05) is 42.5 Å². The Hall–Kier alpha value is -2.82. The van der Waals surface area contributed by atoms with E-state index in [4.69, 9.17) is 0 Å². The molecule has 2 aromatic carbocycles. The summed E-state index contributed by atoms with van der Waals surface area (Å²) in [5.74, 6) is 0.000210. The molecule has 0 radical (unpaired) electrons. The van der Waals surface area contributed by atoms with E-state index in [0.717, 1.165) is 24.1 Å². The molecule has 118 valence electrons. The highest BCUT2D eigenvalue weighted by atomic mass is 16.5. The first-order valence-corrected chi connectivity index (χ1v) is 7.54. The summed E-state index contributed by atoms with van der Waals surface area (Å²) in [6.07, 6.45) is 1.27. The van der Waals surface area contributed by atoms with Crippen molar-refractivity contribution in [3.05, 3.63) is 59.7 Å². The van der Waals surface area contributed by atoms with Gasteiger partial charge < -0.3 is 9.64 Å². The topological polar surface area (TPSA) is 58.6 Å². The van der Waals surface area contributed by atoms with Gasteiger partial charge in [0.1, 0.15) is 0 Å². The number of hydrogen-bond acceptors (Lipinski definition) is 3. The van der Waals surface area contributed by atoms with Crippen LogP contribution in [0.1, 0.15) is 22.3 Å². The zero-order chi connectivity index (χ0) is 16.2. The van der Waals surface area contributed by atoms with Gasteiger partial charge in [0.15, 0.2) is 0 Å². The van der Waals surface area contributed by atoms with Crippen LogP contribution in [0.4, 0.5) is 16.2 Å². The van der Waals surface area contributed by atoms with Gasteiger partial charge in [0.2, 0.25) is 0 Å². The lowest BCUT2D eigenvalue weighted by Crippen LogP contribution is -2.35. The molecule has 2 amide bonds. The lowest BCUT2D eigenvalue weighted by molar-refractivity contribution is 0.0985. The summed E-state index contributed by atoms with van der Waals surface area (Å²) in [4.78, 5) is 25.8. The number of anilines is 2. The molecular weight excluding hydrogens is 292 g/mol. The van der Waals surface area contributed by atoms with E-state index in [0.29, 0.717) is 17.8 Å². The molecule has 1 heterocycles. The quantitative estimate of drug-likeness (QED) is 0.924. The van der Waals surface area contributed by atoms with E-state index in [-0.39, 0.29) is 5.91 Å². The highest BCUT2D eigenvalue weighted by molar-refractivity contribution is 6.06. The van der Waals surface area contributed by atoms with Crippen LogP contribution in [0.5, 0.6) is 0 Å². The van der Waals surface area contributed by atoms with Crippen molar-refractivity contribution in [3.63, 3.8) is 0 Å². The fraction of sp³-hybridized carbons (Fsp3) is 0.222. The van der Waals surface area contributed by atoms with E-state index < -0.39 is 6.09 Å². The van der Waals surface area contributed by atoms with Gasteiger partial charge in [-0.05, 0) is 48.7 Å². The molecule has 0 saturated carbocycles. The maximum atomic E-state index is 12.7. The summed E-state index contributed by atoms with van der Waals surface area (Å²) in [7, 11) is 1.33. The number of benzene rings is 2. The molecule has 0 fully saturated rings. The standard InChI is InChI=1S/C18H18N2O3/c1-23-18(22)19-15-9-10-16-14(12-15)8-5-11-20(16)17(21)13-6-3-2-4-7-13/h2-4,6-7,9-10,12H,5,8,11H2,1H3,(H,19,22). The highest BCUT2D eigenvalue weighted by Gasteiger charge is 2.23. The van der Waals surface area contributed by atoms with Crippen molar-refractivity contribution in [3.8, 4) is 0 Å². The van der Waals surface area contributed by atoms with Gasteiger partial charge in [-0.1, -0.05) is 18.2 Å². The highest BCUT2D eigenvalue weighted by Crippen LogP contribution is 2.30. The molecule has 3 rings (SSSR count). The second kappa shape index (κ2) is 6.52. The normalized spacial score (nSPS) is 13.2. The fourth-order valence-corrected chi connectivity index (χ4v) is 2.79. The van der Waals surface area contributed by atoms with Crippen LogP contribution in [0.25, 0.3) is 0 Å². The third kappa shape index (κ3) is 3.18. The number of hydrogen-bond donors (Lipinski definition) is 1. The van der Waals surface area contributed by atoms with Crippen molar-refractivity contribution in [2.45, 2.75) is 12.8 Å². The predicted molar refractivity (Wildman–Crippen MR) is 88.9 cm³/mol. The third-order valence-electron chi connectivity index (χ3n) is 3.90. The molecule has 0 saturated heterocycles. The van der Waals surface area contributed by atoms with Crippen molar-refractivity contribution in [1.29, 1.82) is 0 Å². The van der Waals surface area contributed by atoms with Gasteiger partial charge in [-0.2, -0.15) is 0 Å². The molecule has 2 aromatic rings. The van der Waals surface area contributed by atoms with Crippen molar-refractivity contribution < 1.29 is 14.3 Å². The molecule has 0 aromatic heterocycles. The lowest BCUT2D eigenvalue weighted by atomic mass is 10.00. The van der Waals surface area contributed by atoms with Crippen molar-refractivity contribution in [1.82, 2.24) is 0 Å². The molecule has 0 aliphatic carbocycles. The maximum Gasteiger partial charge on any atom is 0.411 e. The first-order valence-electron chi connectivity index (χ1n) is 7.54. The smallest absolute Gasteiger partial charge is 0.411 e. The largest absolute Gasteiger partial charge is 0.453 e. The summed E-state index contributed by atoms with van der Waals surface area (Å²) in [5, 5.41) is 2.65. The van der Waals surface area contributed by atoms with Gasteiger partial charge >= 0.3 is 6.09 Å². The lowest BCUT2D eigenvalue weighted by Gasteiger charge is -2.30. The molecule has 23 heavy (non-hydrogen) atoms. The summed E-state index contributed by atoms with van der Waals surface area (Å²) in [6, 6.07) is 14.8. The number of carbonyl (C=O) groups excluding carboxylic acids is 2. The number of nitrogens with zero attached hydrogens (tertiary/aromatic N) is 1. The van der Waals surface area contributed by atoms with E-state index in [1.165, 1.54) is 7.11 Å². The predicted octanol–water partition coefficient (Wildman–Crippen LogP) is 3.46. The monoisotopic (exact) mass is 310 g/mol. The molecule has 5 nitrogen and oxygen atoms in total. The van der Waals surface area contributed by atoms with Gasteiger partial charge in [-0.25, -0.2) is 4.79 Å². The van der Waals surface area contributed by atoms with Crippen molar-refractivity contribution >= 4 is 23.4 Å². The Balaban J connectivity index is 1.88. The minimum absolute atomic E-state index is 0.000210. The zero-order valence-electron chi connectivity index (χ0n) is 12.9. The van der Waals surface area contributed by atoms with Crippen molar-refractivity contribution in [2.75, 3.05) is 23.9 Å². The number of fused-ring (bicyclic) bond motifs is 1. The Morgan fingerprint density at radius 1 is 1.13 bits per heavy atom. The minimum Gasteiger partial charge on any atom is -0.453 e. The van der Waals surface area contributed by atoms with Gasteiger partial charge in [-0.15, -0.1) is 0 Å². The second-order valence-electron chi connectivity index (χ2n) is 5.39. The Morgan fingerprint density at radius 2 is 1.91 bits per heavy atom. The van der Waals surface area contributed by atoms with Crippen LogP contribution in [0.15, 0.2) is 48.5 Å². The molecule has 0 spiro atoms. The molecule has 1 N–H and O–H groups in total. The summed E-state index contributed by atoms with van der Waals surface area (Å²) >= 11 is 0. The number of carbonyl (C=O) groups is 2. The first kappa shape index (κ1) is 15.1. The molecular formula is C18H18N2O3. The van der Waals surface area contributed by atoms with Crippen LogP contribution in [0.2, 0.25) is 0 Å². The molecule has 1 aliphatic heterocycles. The Labute approximate surface area is 134 Å². The van der Waals surface area contributed by atoms with Crippen molar-refractivity contribution in [2.24, 2.45) is 0 Å². The number of nitrogens with one attached hydrogen (secondary N) is 1. The fourth-order valence-electron chi connectivity index (χ4n) is 2.79.